The van der Waals surface area contributed by atoms with Gasteiger partial charge < -0.3 is 9.64 Å². The molecule has 6 heteroatoms. The van der Waals surface area contributed by atoms with E-state index in [0.29, 0.717) is 13.0 Å². The summed E-state index contributed by atoms with van der Waals surface area (Å²) >= 11 is 0. The van der Waals surface area contributed by atoms with Crippen LogP contribution in [-0.4, -0.2) is 38.7 Å². The van der Waals surface area contributed by atoms with Gasteiger partial charge in [-0.25, -0.2) is 0 Å². The number of carbonyl (C=O) groups is 1. The van der Waals surface area contributed by atoms with Crippen molar-refractivity contribution in [1.29, 1.82) is 0 Å². The second-order valence-corrected chi connectivity index (χ2v) is 7.25. The van der Waals surface area contributed by atoms with E-state index in [2.05, 4.69) is 10.2 Å². The van der Waals surface area contributed by atoms with Crippen molar-refractivity contribution >= 4 is 5.91 Å². The smallest absolute Gasteiger partial charge is 0.227 e. The summed E-state index contributed by atoms with van der Waals surface area (Å²) in [5.74, 6) is 1.79. The van der Waals surface area contributed by atoms with Crippen LogP contribution >= 0.6 is 0 Å². The summed E-state index contributed by atoms with van der Waals surface area (Å²) in [5, 5.41) is 8.53. The zero-order valence-electron chi connectivity index (χ0n) is 16.7. The number of amides is 1. The number of hydrogen-bond acceptors (Lipinski definition) is 4. The van der Waals surface area contributed by atoms with Gasteiger partial charge in [0.15, 0.2) is 5.82 Å². The minimum atomic E-state index is -0.0540. The fourth-order valence-electron chi connectivity index (χ4n) is 3.90. The van der Waals surface area contributed by atoms with Gasteiger partial charge in [0.05, 0.1) is 19.1 Å². The lowest BCUT2D eigenvalue weighted by molar-refractivity contribution is -0.134. The molecule has 1 atom stereocenters. The highest BCUT2D eigenvalue weighted by Crippen LogP contribution is 2.31. The minimum Gasteiger partial charge on any atom is -0.494 e. The number of hydrogen-bond donors (Lipinski definition) is 0. The number of rotatable bonds is 6. The normalized spacial score (nSPS) is 16.6. The number of carbonyl (C=O) groups excluding carboxylic acids is 1. The lowest BCUT2D eigenvalue weighted by Crippen LogP contribution is -2.40. The summed E-state index contributed by atoms with van der Waals surface area (Å²) < 4.78 is 7.48. The molecule has 4 rings (SSSR count). The molecule has 1 fully saturated rings. The van der Waals surface area contributed by atoms with Crippen LogP contribution in [0.1, 0.15) is 43.6 Å². The van der Waals surface area contributed by atoms with Crippen LogP contribution in [0.5, 0.6) is 5.75 Å². The van der Waals surface area contributed by atoms with Crippen molar-refractivity contribution < 1.29 is 9.53 Å². The van der Waals surface area contributed by atoms with E-state index >= 15 is 0 Å². The Morgan fingerprint density at radius 3 is 2.66 bits per heavy atom. The van der Waals surface area contributed by atoms with Crippen LogP contribution < -0.4 is 4.74 Å². The van der Waals surface area contributed by atoms with Gasteiger partial charge in [0.25, 0.3) is 0 Å². The predicted octanol–water partition coefficient (Wildman–Crippen LogP) is 3.96. The SMILES string of the molecule is CCOc1ccc(CC(=O)N2CCCCC2c2nncn2-c2ccccc2)cc1. The van der Waals surface area contributed by atoms with Gasteiger partial charge in [0.1, 0.15) is 12.1 Å². The van der Waals surface area contributed by atoms with Gasteiger partial charge in [0.2, 0.25) is 5.91 Å². The fourth-order valence-corrected chi connectivity index (χ4v) is 3.90. The standard InChI is InChI=1S/C23H26N4O2/c1-2-29-20-13-11-18(12-14-20)16-22(28)26-15-7-6-10-21(26)23-25-24-17-27(23)19-8-4-3-5-9-19/h3-5,8-9,11-14,17,21H,2,6-7,10,15-16H2,1H3. The van der Waals surface area contributed by atoms with E-state index in [4.69, 9.17) is 4.74 Å². The summed E-state index contributed by atoms with van der Waals surface area (Å²) in [6.07, 6.45) is 5.11. The Kier molecular flexibility index (Phi) is 5.89. The van der Waals surface area contributed by atoms with Gasteiger partial charge in [-0.05, 0) is 56.0 Å². The Morgan fingerprint density at radius 2 is 1.90 bits per heavy atom. The molecule has 1 aromatic heterocycles. The van der Waals surface area contributed by atoms with Crippen molar-refractivity contribution in [1.82, 2.24) is 19.7 Å². The second-order valence-electron chi connectivity index (χ2n) is 7.25. The number of nitrogens with zero attached hydrogens (tertiary/aromatic N) is 4. The number of benzene rings is 2. The van der Waals surface area contributed by atoms with Crippen LogP contribution in [0.25, 0.3) is 5.69 Å². The van der Waals surface area contributed by atoms with Crippen molar-refractivity contribution in [2.24, 2.45) is 0 Å². The molecule has 150 valence electrons. The second kappa shape index (κ2) is 8.90. The Hall–Kier alpha value is -3.15. The van der Waals surface area contributed by atoms with E-state index in [1.165, 1.54) is 0 Å². The highest BCUT2D eigenvalue weighted by molar-refractivity contribution is 5.79. The number of aromatic nitrogens is 3. The summed E-state index contributed by atoms with van der Waals surface area (Å²) in [5.41, 5.74) is 2.00. The maximum absolute atomic E-state index is 13.2. The zero-order valence-corrected chi connectivity index (χ0v) is 16.7. The molecule has 2 heterocycles. The molecule has 2 aromatic carbocycles. The van der Waals surface area contributed by atoms with Crippen molar-refractivity contribution in [3.8, 4) is 11.4 Å². The van der Waals surface area contributed by atoms with Crippen molar-refractivity contribution in [3.63, 3.8) is 0 Å². The van der Waals surface area contributed by atoms with E-state index < -0.39 is 0 Å². The predicted molar refractivity (Wildman–Crippen MR) is 111 cm³/mol. The maximum atomic E-state index is 13.2. The van der Waals surface area contributed by atoms with Crippen LogP contribution in [0, 0.1) is 0 Å². The topological polar surface area (TPSA) is 60.2 Å². The van der Waals surface area contributed by atoms with E-state index in [9.17, 15) is 4.79 Å². The molecule has 1 saturated heterocycles. The number of para-hydroxylation sites is 1. The molecule has 0 saturated carbocycles. The molecule has 0 bridgehead atoms. The monoisotopic (exact) mass is 390 g/mol. The molecule has 1 aliphatic rings. The zero-order chi connectivity index (χ0) is 20.1. The van der Waals surface area contributed by atoms with Gasteiger partial charge in [-0.15, -0.1) is 10.2 Å². The molecule has 6 nitrogen and oxygen atoms in total. The molecule has 0 radical (unpaired) electrons. The molecule has 1 aliphatic heterocycles. The Balaban J connectivity index is 1.54. The quantitative estimate of drug-likeness (QED) is 0.639. The average molecular weight is 390 g/mol. The third kappa shape index (κ3) is 4.31. The van der Waals surface area contributed by atoms with Gasteiger partial charge in [-0.1, -0.05) is 30.3 Å². The van der Waals surface area contributed by atoms with Crippen molar-refractivity contribution in [2.75, 3.05) is 13.2 Å². The van der Waals surface area contributed by atoms with E-state index in [-0.39, 0.29) is 11.9 Å². The molecule has 29 heavy (non-hydrogen) atoms. The average Bonchev–Trinajstić information content (AvgIpc) is 3.26. The van der Waals surface area contributed by atoms with Crippen molar-refractivity contribution in [3.05, 3.63) is 72.3 Å². The molecule has 0 N–H and O–H groups in total. The van der Waals surface area contributed by atoms with E-state index in [0.717, 1.165) is 48.6 Å². The van der Waals surface area contributed by atoms with Crippen LogP contribution in [0.2, 0.25) is 0 Å². The fraction of sp³-hybridized carbons (Fsp3) is 0.348. The first-order valence-electron chi connectivity index (χ1n) is 10.2. The number of likely N-dealkylation sites (tertiary alicyclic amines) is 1. The van der Waals surface area contributed by atoms with Crippen LogP contribution in [0.15, 0.2) is 60.9 Å². The van der Waals surface area contributed by atoms with Crippen LogP contribution in [0.3, 0.4) is 0 Å². The third-order valence-electron chi connectivity index (χ3n) is 5.32. The van der Waals surface area contributed by atoms with E-state index in [1.54, 1.807) is 6.33 Å². The first-order valence-corrected chi connectivity index (χ1v) is 10.2. The van der Waals surface area contributed by atoms with Crippen LogP contribution in [0.4, 0.5) is 0 Å². The van der Waals surface area contributed by atoms with Crippen LogP contribution in [-0.2, 0) is 11.2 Å². The lowest BCUT2D eigenvalue weighted by Gasteiger charge is -2.35. The largest absolute Gasteiger partial charge is 0.494 e. The third-order valence-corrected chi connectivity index (χ3v) is 5.32. The molecule has 1 unspecified atom stereocenters. The van der Waals surface area contributed by atoms with Crippen molar-refractivity contribution in [2.45, 2.75) is 38.6 Å². The van der Waals surface area contributed by atoms with E-state index in [1.807, 2.05) is 71.0 Å². The Labute approximate surface area is 171 Å². The van der Waals surface area contributed by atoms with Gasteiger partial charge in [-0.3, -0.25) is 9.36 Å². The summed E-state index contributed by atoms with van der Waals surface area (Å²) in [4.78, 5) is 15.1. The molecule has 1 amide bonds. The van der Waals surface area contributed by atoms with Gasteiger partial charge in [-0.2, -0.15) is 0 Å². The highest BCUT2D eigenvalue weighted by Gasteiger charge is 2.31. The Morgan fingerprint density at radius 1 is 1.10 bits per heavy atom. The summed E-state index contributed by atoms with van der Waals surface area (Å²) in [6.45, 7) is 3.35. The number of ether oxygens (including phenoxy) is 1. The maximum Gasteiger partial charge on any atom is 0.227 e. The molecule has 0 spiro atoms. The molecular formula is C23H26N4O2. The first-order chi connectivity index (χ1) is 14.3. The first kappa shape index (κ1) is 19.2. The minimum absolute atomic E-state index is 0.0540. The summed E-state index contributed by atoms with van der Waals surface area (Å²) in [7, 11) is 0. The highest BCUT2D eigenvalue weighted by atomic mass is 16.5. The molecule has 3 aromatic rings. The Bertz CT molecular complexity index is 937. The summed E-state index contributed by atoms with van der Waals surface area (Å²) in [6, 6.07) is 17.8. The van der Waals surface area contributed by atoms with Gasteiger partial charge >= 0.3 is 0 Å². The molecule has 0 aliphatic carbocycles. The van der Waals surface area contributed by atoms with Gasteiger partial charge in [0, 0.05) is 12.2 Å². The molecular weight excluding hydrogens is 364 g/mol. The lowest BCUT2D eigenvalue weighted by atomic mass is 9.99. The number of piperidine rings is 1.